The van der Waals surface area contributed by atoms with Gasteiger partial charge in [0, 0.05) is 6.42 Å². The fraction of sp³-hybridized carbons (Fsp3) is 0.300. The average Bonchev–Trinajstić information content (AvgIpc) is 2.53. The van der Waals surface area contributed by atoms with E-state index in [9.17, 15) is 4.79 Å². The molecule has 0 saturated heterocycles. The molecule has 0 aliphatic heterocycles. The molecular weight excluding hydrogens is 152 g/mol. The van der Waals surface area contributed by atoms with Gasteiger partial charge in [0.25, 0.3) is 0 Å². The number of aldehydes is 1. The van der Waals surface area contributed by atoms with Gasteiger partial charge in [0.1, 0.15) is 12.0 Å². The predicted octanol–water partition coefficient (Wildman–Crippen LogP) is 2.21. The first-order valence-corrected chi connectivity index (χ1v) is 3.97. The van der Waals surface area contributed by atoms with E-state index in [1.807, 2.05) is 25.1 Å². The van der Waals surface area contributed by atoms with E-state index < -0.39 is 0 Å². The van der Waals surface area contributed by atoms with Crippen molar-refractivity contribution in [3.8, 4) is 0 Å². The molecule has 64 valence electrons. The van der Waals surface area contributed by atoms with Gasteiger partial charge in [-0.1, -0.05) is 13.0 Å². The van der Waals surface area contributed by atoms with E-state index in [0.717, 1.165) is 18.5 Å². The minimum atomic E-state index is 0.348. The van der Waals surface area contributed by atoms with Crippen LogP contribution >= 0.6 is 0 Å². The molecule has 1 aromatic rings. The summed E-state index contributed by atoms with van der Waals surface area (Å²) in [4.78, 5) is 10.0. The van der Waals surface area contributed by atoms with Crippen molar-refractivity contribution in [3.05, 3.63) is 36.3 Å². The Morgan fingerprint density at radius 3 is 3.08 bits per heavy atom. The van der Waals surface area contributed by atoms with E-state index in [2.05, 4.69) is 0 Å². The summed E-state index contributed by atoms with van der Waals surface area (Å²) in [6, 6.07) is 3.80. The normalized spacial score (nSPS) is 13.4. The topological polar surface area (TPSA) is 30.2 Å². The van der Waals surface area contributed by atoms with Gasteiger partial charge in [-0.05, 0) is 24.1 Å². The first-order valence-electron chi connectivity index (χ1n) is 3.97. The summed E-state index contributed by atoms with van der Waals surface area (Å²) in [6.45, 7) is 2.04. The van der Waals surface area contributed by atoms with Crippen molar-refractivity contribution < 1.29 is 9.21 Å². The van der Waals surface area contributed by atoms with Gasteiger partial charge in [0.2, 0.25) is 0 Å². The molecule has 0 fully saturated rings. The van der Waals surface area contributed by atoms with Gasteiger partial charge in [-0.15, -0.1) is 0 Å². The quantitative estimate of drug-likeness (QED) is 0.504. The van der Waals surface area contributed by atoms with E-state index >= 15 is 0 Å². The SMILES string of the molecule is C[C@H](/C=C/C=O)Cc1ccco1. The lowest BCUT2D eigenvalue weighted by Crippen LogP contribution is -1.93. The second-order valence-electron chi connectivity index (χ2n) is 2.78. The van der Waals surface area contributed by atoms with Crippen LogP contribution in [0.2, 0.25) is 0 Å². The third-order valence-electron chi connectivity index (χ3n) is 1.62. The first-order chi connectivity index (χ1) is 5.83. The molecule has 1 aromatic heterocycles. The van der Waals surface area contributed by atoms with Gasteiger partial charge in [-0.25, -0.2) is 0 Å². The van der Waals surface area contributed by atoms with Crippen LogP contribution in [0.5, 0.6) is 0 Å². The highest BCUT2D eigenvalue weighted by atomic mass is 16.3. The summed E-state index contributed by atoms with van der Waals surface area (Å²) >= 11 is 0. The molecule has 1 atom stereocenters. The molecule has 0 N–H and O–H groups in total. The molecule has 0 aromatic carbocycles. The molecule has 0 aliphatic carbocycles. The Kier molecular flexibility index (Phi) is 3.33. The molecule has 0 unspecified atom stereocenters. The molecule has 1 rings (SSSR count). The van der Waals surface area contributed by atoms with Crippen LogP contribution in [0.4, 0.5) is 0 Å². The van der Waals surface area contributed by atoms with Gasteiger partial charge >= 0.3 is 0 Å². The summed E-state index contributed by atoms with van der Waals surface area (Å²) in [5.74, 6) is 1.30. The van der Waals surface area contributed by atoms with Crippen LogP contribution in [0.25, 0.3) is 0 Å². The van der Waals surface area contributed by atoms with Crippen molar-refractivity contribution in [1.29, 1.82) is 0 Å². The molecule has 0 saturated carbocycles. The van der Waals surface area contributed by atoms with Crippen LogP contribution in [-0.2, 0) is 11.2 Å². The van der Waals surface area contributed by atoms with E-state index in [-0.39, 0.29) is 0 Å². The third kappa shape index (κ3) is 2.74. The van der Waals surface area contributed by atoms with Gasteiger partial charge in [-0.3, -0.25) is 4.79 Å². The number of carbonyl (C=O) groups excluding carboxylic acids is 1. The van der Waals surface area contributed by atoms with Crippen molar-refractivity contribution in [1.82, 2.24) is 0 Å². The Labute approximate surface area is 71.9 Å². The second kappa shape index (κ2) is 4.54. The maximum absolute atomic E-state index is 10.0. The summed E-state index contributed by atoms with van der Waals surface area (Å²) < 4.78 is 5.16. The predicted molar refractivity (Wildman–Crippen MR) is 46.8 cm³/mol. The molecule has 0 bridgehead atoms. The zero-order valence-corrected chi connectivity index (χ0v) is 7.07. The highest BCUT2D eigenvalue weighted by molar-refractivity contribution is 5.64. The van der Waals surface area contributed by atoms with Crippen molar-refractivity contribution >= 4 is 6.29 Å². The lowest BCUT2D eigenvalue weighted by atomic mass is 10.1. The molecule has 0 radical (unpaired) electrons. The molecule has 2 heteroatoms. The van der Waals surface area contributed by atoms with E-state index in [1.165, 1.54) is 6.08 Å². The van der Waals surface area contributed by atoms with E-state index in [1.54, 1.807) is 6.26 Å². The van der Waals surface area contributed by atoms with Crippen molar-refractivity contribution in [2.45, 2.75) is 13.3 Å². The van der Waals surface area contributed by atoms with Crippen molar-refractivity contribution in [2.75, 3.05) is 0 Å². The molecule has 0 spiro atoms. The third-order valence-corrected chi connectivity index (χ3v) is 1.62. The maximum atomic E-state index is 10.0. The standard InChI is InChI=1S/C10H12O2/c1-9(4-2-6-11)8-10-5-3-7-12-10/h2-7,9H,8H2,1H3/b4-2+/t9-/m1/s1. The van der Waals surface area contributed by atoms with Crippen LogP contribution < -0.4 is 0 Å². The number of carbonyl (C=O) groups is 1. The summed E-state index contributed by atoms with van der Waals surface area (Å²) in [5.41, 5.74) is 0. The van der Waals surface area contributed by atoms with Gasteiger partial charge in [0.15, 0.2) is 0 Å². The monoisotopic (exact) mass is 164 g/mol. The van der Waals surface area contributed by atoms with Crippen molar-refractivity contribution in [3.63, 3.8) is 0 Å². The minimum Gasteiger partial charge on any atom is -0.469 e. The fourth-order valence-electron chi connectivity index (χ4n) is 1.05. The average molecular weight is 164 g/mol. The molecule has 1 heterocycles. The minimum absolute atomic E-state index is 0.348. The van der Waals surface area contributed by atoms with E-state index in [0.29, 0.717) is 5.92 Å². The first kappa shape index (κ1) is 8.78. The van der Waals surface area contributed by atoms with Gasteiger partial charge in [-0.2, -0.15) is 0 Å². The molecule has 0 aliphatic rings. The summed E-state index contributed by atoms with van der Waals surface area (Å²) in [5, 5.41) is 0. The second-order valence-corrected chi connectivity index (χ2v) is 2.78. The fourth-order valence-corrected chi connectivity index (χ4v) is 1.05. The molecule has 2 nitrogen and oxygen atoms in total. The van der Waals surface area contributed by atoms with Crippen LogP contribution in [0, 0.1) is 5.92 Å². The Bertz CT molecular complexity index is 247. The van der Waals surface area contributed by atoms with Crippen LogP contribution in [0.15, 0.2) is 35.0 Å². The molecule has 12 heavy (non-hydrogen) atoms. The number of furan rings is 1. The van der Waals surface area contributed by atoms with E-state index in [4.69, 9.17) is 4.42 Å². The number of hydrogen-bond donors (Lipinski definition) is 0. The highest BCUT2D eigenvalue weighted by Gasteiger charge is 2.00. The maximum Gasteiger partial charge on any atom is 0.142 e. The molecular formula is C10H12O2. The van der Waals surface area contributed by atoms with Crippen LogP contribution in [0.1, 0.15) is 12.7 Å². The summed E-state index contributed by atoms with van der Waals surface area (Å²) in [6.07, 6.45) is 6.69. The lowest BCUT2D eigenvalue weighted by molar-refractivity contribution is -0.104. The lowest BCUT2D eigenvalue weighted by Gasteiger charge is -2.00. The zero-order valence-electron chi connectivity index (χ0n) is 7.07. The van der Waals surface area contributed by atoms with Gasteiger partial charge in [0.05, 0.1) is 6.26 Å². The summed E-state index contributed by atoms with van der Waals surface area (Å²) in [7, 11) is 0. The largest absolute Gasteiger partial charge is 0.469 e. The highest BCUT2D eigenvalue weighted by Crippen LogP contribution is 2.09. The number of hydrogen-bond acceptors (Lipinski definition) is 2. The zero-order chi connectivity index (χ0) is 8.81. The number of rotatable bonds is 4. The van der Waals surface area contributed by atoms with Crippen LogP contribution in [-0.4, -0.2) is 6.29 Å². The Hall–Kier alpha value is -1.31. The Balaban J connectivity index is 2.41. The van der Waals surface area contributed by atoms with Gasteiger partial charge < -0.3 is 4.42 Å². The van der Waals surface area contributed by atoms with Crippen LogP contribution in [0.3, 0.4) is 0 Å². The Morgan fingerprint density at radius 2 is 2.50 bits per heavy atom. The number of allylic oxidation sites excluding steroid dienone is 2. The Morgan fingerprint density at radius 1 is 1.67 bits per heavy atom. The molecule has 0 amide bonds. The van der Waals surface area contributed by atoms with Crippen molar-refractivity contribution in [2.24, 2.45) is 5.92 Å². The smallest absolute Gasteiger partial charge is 0.142 e.